The lowest BCUT2D eigenvalue weighted by Gasteiger charge is -2.59. The van der Waals surface area contributed by atoms with Gasteiger partial charge < -0.3 is 4.74 Å². The summed E-state index contributed by atoms with van der Waals surface area (Å²) in [5, 5.41) is 0. The third kappa shape index (κ3) is 1.76. The third-order valence-electron chi connectivity index (χ3n) is 6.75. The molecule has 3 aliphatic carbocycles. The third-order valence-corrected chi connectivity index (χ3v) is 6.75. The van der Waals surface area contributed by atoms with E-state index in [-0.39, 0.29) is 30.5 Å². The molecule has 0 aromatic rings. The standard InChI is InChI=1S/C19H21FO4/c1-17-8-7-12(21)9-11(17)3-4-14-13-5-6-16(23)24-18(13,2)10-15(22)19(14,17)20/h7-9,13-14H,3-6,10H2,1-2H3/t13-,14+,17-,18-,19-/m0/s1. The Balaban J connectivity index is 1.82. The number of ether oxygens (including phenoxy) is 1. The summed E-state index contributed by atoms with van der Waals surface area (Å²) in [6, 6.07) is 0. The molecule has 3 fully saturated rings. The summed E-state index contributed by atoms with van der Waals surface area (Å²) in [6.45, 7) is 3.49. The van der Waals surface area contributed by atoms with Crippen LogP contribution in [0, 0.1) is 17.3 Å². The molecule has 0 N–H and O–H groups in total. The molecule has 24 heavy (non-hydrogen) atoms. The van der Waals surface area contributed by atoms with Gasteiger partial charge in [-0.05, 0) is 45.3 Å². The molecular formula is C19H21FO4. The summed E-state index contributed by atoms with van der Waals surface area (Å²) in [5.41, 5.74) is -3.32. The van der Waals surface area contributed by atoms with Crippen LogP contribution in [0.4, 0.5) is 4.39 Å². The summed E-state index contributed by atoms with van der Waals surface area (Å²) in [7, 11) is 0. The first kappa shape index (κ1) is 15.7. The Morgan fingerprint density at radius 1 is 1.12 bits per heavy atom. The minimum atomic E-state index is -2.04. The van der Waals surface area contributed by atoms with Crippen molar-refractivity contribution in [2.24, 2.45) is 17.3 Å². The molecule has 0 aromatic carbocycles. The van der Waals surface area contributed by atoms with Crippen LogP contribution in [0.15, 0.2) is 23.8 Å². The summed E-state index contributed by atoms with van der Waals surface area (Å²) >= 11 is 0. The van der Waals surface area contributed by atoms with E-state index < -0.39 is 28.4 Å². The molecule has 4 nitrogen and oxygen atoms in total. The van der Waals surface area contributed by atoms with Crippen LogP contribution in [-0.4, -0.2) is 28.8 Å². The Hall–Kier alpha value is -1.78. The predicted octanol–water partition coefficient (Wildman–Crippen LogP) is 2.86. The van der Waals surface area contributed by atoms with Crippen LogP contribution in [0.2, 0.25) is 0 Å². The Labute approximate surface area is 140 Å². The summed E-state index contributed by atoms with van der Waals surface area (Å²) in [5.74, 6) is -1.62. The quantitative estimate of drug-likeness (QED) is 0.640. The molecule has 0 aromatic heterocycles. The monoisotopic (exact) mass is 332 g/mol. The molecular weight excluding hydrogens is 311 g/mol. The molecule has 4 rings (SSSR count). The number of hydrogen-bond donors (Lipinski definition) is 0. The van der Waals surface area contributed by atoms with Gasteiger partial charge in [-0.3, -0.25) is 14.4 Å². The van der Waals surface area contributed by atoms with E-state index in [1.807, 2.05) is 0 Å². The van der Waals surface area contributed by atoms with Crippen LogP contribution in [-0.2, 0) is 19.1 Å². The van der Waals surface area contributed by atoms with Crippen molar-refractivity contribution in [3.05, 3.63) is 23.8 Å². The van der Waals surface area contributed by atoms with Crippen molar-refractivity contribution in [3.8, 4) is 0 Å². The average Bonchev–Trinajstić information content (AvgIpc) is 2.49. The normalized spacial score (nSPS) is 47.3. The summed E-state index contributed by atoms with van der Waals surface area (Å²) in [4.78, 5) is 36.4. The Morgan fingerprint density at radius 3 is 2.58 bits per heavy atom. The fraction of sp³-hybridized carbons (Fsp3) is 0.632. The molecule has 1 aliphatic heterocycles. The molecule has 4 aliphatic rings. The molecule has 128 valence electrons. The molecule has 5 atom stereocenters. The Morgan fingerprint density at radius 2 is 1.83 bits per heavy atom. The fourth-order valence-corrected chi connectivity index (χ4v) is 5.49. The highest BCUT2D eigenvalue weighted by Crippen LogP contribution is 2.63. The van der Waals surface area contributed by atoms with Crippen molar-refractivity contribution in [1.29, 1.82) is 0 Å². The topological polar surface area (TPSA) is 60.4 Å². The highest BCUT2D eigenvalue weighted by molar-refractivity contribution is 6.02. The van der Waals surface area contributed by atoms with Crippen molar-refractivity contribution in [1.82, 2.24) is 0 Å². The number of Topliss-reactive ketones (excluding diaryl/α,β-unsaturated/α-hetero) is 1. The van der Waals surface area contributed by atoms with Crippen molar-refractivity contribution in [2.75, 3.05) is 0 Å². The van der Waals surface area contributed by atoms with Crippen LogP contribution < -0.4 is 0 Å². The van der Waals surface area contributed by atoms with Gasteiger partial charge in [-0.2, -0.15) is 0 Å². The second-order valence-electron chi connectivity index (χ2n) is 8.00. The second-order valence-corrected chi connectivity index (χ2v) is 8.00. The van der Waals surface area contributed by atoms with Crippen molar-refractivity contribution in [3.63, 3.8) is 0 Å². The van der Waals surface area contributed by atoms with Gasteiger partial charge in [0, 0.05) is 30.1 Å². The van der Waals surface area contributed by atoms with Gasteiger partial charge in [0.15, 0.2) is 17.2 Å². The maximum absolute atomic E-state index is 16.4. The van der Waals surface area contributed by atoms with E-state index in [0.29, 0.717) is 24.8 Å². The fourth-order valence-electron chi connectivity index (χ4n) is 5.49. The second kappa shape index (κ2) is 4.64. The lowest BCUT2D eigenvalue weighted by atomic mass is 9.47. The van der Waals surface area contributed by atoms with Crippen LogP contribution in [0.25, 0.3) is 0 Å². The largest absolute Gasteiger partial charge is 0.459 e. The number of carbonyl (C=O) groups is 3. The van der Waals surface area contributed by atoms with Crippen molar-refractivity contribution >= 4 is 17.5 Å². The summed E-state index contributed by atoms with van der Waals surface area (Å²) in [6.07, 6.45) is 6.26. The highest BCUT2D eigenvalue weighted by Gasteiger charge is 2.70. The number of fused-ring (bicyclic) bond motifs is 5. The van der Waals surface area contributed by atoms with Crippen LogP contribution >= 0.6 is 0 Å². The van der Waals surface area contributed by atoms with E-state index in [2.05, 4.69) is 0 Å². The molecule has 1 saturated heterocycles. The van der Waals surface area contributed by atoms with Gasteiger partial charge in [-0.15, -0.1) is 0 Å². The predicted molar refractivity (Wildman–Crippen MR) is 83.7 cm³/mol. The Bertz CT molecular complexity index is 723. The van der Waals surface area contributed by atoms with Crippen LogP contribution in [0.1, 0.15) is 46.0 Å². The van der Waals surface area contributed by atoms with E-state index in [0.717, 1.165) is 0 Å². The van der Waals surface area contributed by atoms with Gasteiger partial charge in [-0.25, -0.2) is 4.39 Å². The van der Waals surface area contributed by atoms with E-state index in [1.165, 1.54) is 12.2 Å². The zero-order chi connectivity index (χ0) is 17.3. The average molecular weight is 332 g/mol. The van der Waals surface area contributed by atoms with E-state index >= 15 is 4.39 Å². The number of esters is 1. The van der Waals surface area contributed by atoms with Crippen LogP contribution in [0.5, 0.6) is 0 Å². The molecule has 0 amide bonds. The lowest BCUT2D eigenvalue weighted by molar-refractivity contribution is -0.207. The van der Waals surface area contributed by atoms with Crippen molar-refractivity contribution < 1.29 is 23.5 Å². The maximum atomic E-state index is 16.4. The number of hydrogen-bond acceptors (Lipinski definition) is 4. The zero-order valence-electron chi connectivity index (χ0n) is 13.9. The van der Waals surface area contributed by atoms with E-state index in [9.17, 15) is 14.4 Å². The van der Waals surface area contributed by atoms with Gasteiger partial charge in [0.25, 0.3) is 0 Å². The number of ketones is 2. The molecule has 1 heterocycles. The molecule has 0 spiro atoms. The first-order valence-corrected chi connectivity index (χ1v) is 8.59. The van der Waals surface area contributed by atoms with Gasteiger partial charge in [0.2, 0.25) is 0 Å². The first-order valence-electron chi connectivity index (χ1n) is 8.59. The SMILES string of the molecule is C[C@]12C=CC(=O)C=C1CC[C@@H]1[C@@H]3CCC(=O)O[C@@]3(C)CC(=O)[C@@]12F. The lowest BCUT2D eigenvalue weighted by Crippen LogP contribution is -2.68. The number of alkyl halides is 1. The highest BCUT2D eigenvalue weighted by atomic mass is 19.1. The van der Waals surface area contributed by atoms with Gasteiger partial charge in [0.1, 0.15) is 5.60 Å². The molecule has 0 radical (unpaired) electrons. The smallest absolute Gasteiger partial charge is 0.306 e. The minimum absolute atomic E-state index is 0.0962. The molecule has 2 saturated carbocycles. The number of carbonyl (C=O) groups excluding carboxylic acids is 3. The zero-order valence-corrected chi connectivity index (χ0v) is 13.9. The number of allylic oxidation sites excluding steroid dienone is 4. The van der Waals surface area contributed by atoms with E-state index in [4.69, 9.17) is 4.74 Å². The molecule has 0 unspecified atom stereocenters. The van der Waals surface area contributed by atoms with Crippen molar-refractivity contribution in [2.45, 2.75) is 57.2 Å². The number of rotatable bonds is 0. The van der Waals surface area contributed by atoms with Gasteiger partial charge in [-0.1, -0.05) is 11.6 Å². The first-order chi connectivity index (χ1) is 11.2. The van der Waals surface area contributed by atoms with Gasteiger partial charge in [0.05, 0.1) is 0 Å². The molecule has 0 bridgehead atoms. The van der Waals surface area contributed by atoms with Crippen LogP contribution in [0.3, 0.4) is 0 Å². The number of halogens is 1. The minimum Gasteiger partial charge on any atom is -0.459 e. The maximum Gasteiger partial charge on any atom is 0.306 e. The van der Waals surface area contributed by atoms with Gasteiger partial charge >= 0.3 is 5.97 Å². The Kier molecular flexibility index (Phi) is 3.04. The summed E-state index contributed by atoms with van der Waals surface area (Å²) < 4.78 is 21.9. The van der Waals surface area contributed by atoms with E-state index in [1.54, 1.807) is 19.9 Å². The molecule has 5 heteroatoms.